The molecule has 0 spiro atoms. The minimum Gasteiger partial charge on any atom is -0.481 e. The molecule has 1 heterocycles. The monoisotopic (exact) mass is 285 g/mol. The van der Waals surface area contributed by atoms with Crippen molar-refractivity contribution in [3.05, 3.63) is 0 Å². The molecular formula is C14H27N3O3. The number of carboxylic acid groups (broad SMARTS) is 1. The molecule has 2 N–H and O–H groups in total. The van der Waals surface area contributed by atoms with E-state index >= 15 is 0 Å². The molecule has 0 aromatic heterocycles. The fourth-order valence-electron chi connectivity index (χ4n) is 2.06. The topological polar surface area (TPSA) is 72.9 Å². The molecule has 6 nitrogen and oxygen atoms in total. The summed E-state index contributed by atoms with van der Waals surface area (Å²) in [5, 5.41) is 11.7. The highest BCUT2D eigenvalue weighted by Crippen LogP contribution is 2.16. The Bertz CT molecular complexity index is 366. The van der Waals surface area contributed by atoms with Gasteiger partial charge in [-0.05, 0) is 34.6 Å². The van der Waals surface area contributed by atoms with Crippen LogP contribution in [0.1, 0.15) is 34.6 Å². The van der Waals surface area contributed by atoms with E-state index in [9.17, 15) is 9.59 Å². The molecule has 0 radical (unpaired) electrons. The molecule has 0 aromatic carbocycles. The first-order valence-electron chi connectivity index (χ1n) is 7.05. The Morgan fingerprint density at radius 2 is 1.55 bits per heavy atom. The molecule has 0 unspecified atom stereocenters. The lowest BCUT2D eigenvalue weighted by Crippen LogP contribution is -2.57. The zero-order valence-electron chi connectivity index (χ0n) is 13.2. The molecule has 1 saturated heterocycles. The zero-order chi connectivity index (χ0) is 15.6. The number of aliphatic carboxylic acids is 1. The van der Waals surface area contributed by atoms with Crippen LogP contribution in [-0.2, 0) is 4.79 Å². The smallest absolute Gasteiger partial charge is 0.317 e. The van der Waals surface area contributed by atoms with Crippen LogP contribution in [-0.4, -0.2) is 65.2 Å². The van der Waals surface area contributed by atoms with Crippen molar-refractivity contribution in [2.75, 3.05) is 32.7 Å². The molecule has 116 valence electrons. The number of piperazine rings is 1. The van der Waals surface area contributed by atoms with E-state index in [1.165, 1.54) is 0 Å². The molecule has 0 saturated carbocycles. The summed E-state index contributed by atoms with van der Waals surface area (Å²) in [4.78, 5) is 27.1. The van der Waals surface area contributed by atoms with Crippen molar-refractivity contribution < 1.29 is 14.7 Å². The number of carbonyl (C=O) groups excluding carboxylic acids is 1. The van der Waals surface area contributed by atoms with Gasteiger partial charge >= 0.3 is 12.0 Å². The van der Waals surface area contributed by atoms with Gasteiger partial charge in [0, 0.05) is 38.3 Å². The predicted octanol–water partition coefficient (Wildman–Crippen LogP) is 1.22. The van der Waals surface area contributed by atoms with Crippen LogP contribution in [0.3, 0.4) is 0 Å². The molecular weight excluding hydrogens is 258 g/mol. The van der Waals surface area contributed by atoms with E-state index in [0.29, 0.717) is 13.1 Å². The van der Waals surface area contributed by atoms with Crippen molar-refractivity contribution in [2.24, 2.45) is 5.41 Å². The van der Waals surface area contributed by atoms with Gasteiger partial charge in [-0.15, -0.1) is 0 Å². The Kier molecular flexibility index (Phi) is 5.02. The second kappa shape index (κ2) is 5.99. The molecule has 1 rings (SSSR count). The van der Waals surface area contributed by atoms with Crippen molar-refractivity contribution in [1.82, 2.24) is 15.1 Å². The van der Waals surface area contributed by atoms with Gasteiger partial charge in [0.25, 0.3) is 0 Å². The Morgan fingerprint density at radius 3 is 1.95 bits per heavy atom. The van der Waals surface area contributed by atoms with E-state index in [0.717, 1.165) is 13.1 Å². The number of amides is 2. The molecule has 0 aliphatic carbocycles. The van der Waals surface area contributed by atoms with Crippen molar-refractivity contribution in [3.8, 4) is 0 Å². The van der Waals surface area contributed by atoms with Gasteiger partial charge in [-0.2, -0.15) is 0 Å². The van der Waals surface area contributed by atoms with Gasteiger partial charge in [0.1, 0.15) is 0 Å². The number of carboxylic acids is 1. The van der Waals surface area contributed by atoms with Gasteiger partial charge in [-0.1, -0.05) is 0 Å². The van der Waals surface area contributed by atoms with Crippen LogP contribution < -0.4 is 5.32 Å². The average molecular weight is 285 g/mol. The third-order valence-electron chi connectivity index (χ3n) is 3.78. The molecule has 1 aliphatic heterocycles. The highest BCUT2D eigenvalue weighted by atomic mass is 16.4. The first kappa shape index (κ1) is 16.8. The summed E-state index contributed by atoms with van der Waals surface area (Å²) in [5.74, 6) is -0.907. The van der Waals surface area contributed by atoms with Crippen molar-refractivity contribution in [3.63, 3.8) is 0 Å². The SMILES string of the molecule is CC(C)(CNC(=O)N1CCN(C(C)(C)C)CC1)C(=O)O. The normalized spacial score (nSPS) is 17.9. The summed E-state index contributed by atoms with van der Waals surface area (Å²) in [6, 6.07) is -0.173. The number of nitrogens with one attached hydrogen (secondary N) is 1. The quantitative estimate of drug-likeness (QED) is 0.818. The molecule has 20 heavy (non-hydrogen) atoms. The van der Waals surface area contributed by atoms with Gasteiger partial charge in [0.2, 0.25) is 0 Å². The summed E-state index contributed by atoms with van der Waals surface area (Å²) in [5.41, 5.74) is -0.823. The first-order chi connectivity index (χ1) is 9.04. The molecule has 6 heteroatoms. The van der Waals surface area contributed by atoms with E-state index in [1.807, 2.05) is 0 Å². The van der Waals surface area contributed by atoms with Crippen molar-refractivity contribution >= 4 is 12.0 Å². The summed E-state index contributed by atoms with van der Waals surface area (Å²) in [7, 11) is 0. The highest BCUT2D eigenvalue weighted by Gasteiger charge is 2.30. The van der Waals surface area contributed by atoms with Gasteiger partial charge in [0.15, 0.2) is 0 Å². The first-order valence-corrected chi connectivity index (χ1v) is 7.05. The van der Waals surface area contributed by atoms with E-state index in [1.54, 1.807) is 18.7 Å². The third-order valence-corrected chi connectivity index (χ3v) is 3.78. The second-order valence-corrected chi connectivity index (χ2v) is 6.99. The largest absolute Gasteiger partial charge is 0.481 e. The van der Waals surface area contributed by atoms with Crippen molar-refractivity contribution in [1.29, 1.82) is 0 Å². The number of hydrogen-bond donors (Lipinski definition) is 2. The lowest BCUT2D eigenvalue weighted by molar-refractivity contribution is -0.146. The van der Waals surface area contributed by atoms with E-state index in [-0.39, 0.29) is 18.1 Å². The molecule has 2 amide bonds. The Balaban J connectivity index is 2.42. The van der Waals surface area contributed by atoms with Crippen LogP contribution in [0.2, 0.25) is 0 Å². The van der Waals surface area contributed by atoms with Gasteiger partial charge in [-0.25, -0.2) is 4.79 Å². The van der Waals surface area contributed by atoms with Crippen molar-refractivity contribution in [2.45, 2.75) is 40.2 Å². The highest BCUT2D eigenvalue weighted by molar-refractivity contribution is 5.77. The summed E-state index contributed by atoms with van der Waals surface area (Å²) < 4.78 is 0. The molecule has 0 aromatic rings. The maximum absolute atomic E-state index is 12.0. The minimum atomic E-state index is -0.942. The minimum absolute atomic E-state index is 0.119. The zero-order valence-corrected chi connectivity index (χ0v) is 13.2. The Hall–Kier alpha value is -1.30. The molecule has 0 bridgehead atoms. The molecule has 1 aliphatic rings. The van der Waals surface area contributed by atoms with Gasteiger partial charge in [-0.3, -0.25) is 9.69 Å². The number of carbonyl (C=O) groups is 2. The maximum Gasteiger partial charge on any atom is 0.317 e. The lowest BCUT2D eigenvalue weighted by Gasteiger charge is -2.42. The number of nitrogens with zero attached hydrogens (tertiary/aromatic N) is 2. The fraction of sp³-hybridized carbons (Fsp3) is 0.857. The number of hydrogen-bond acceptors (Lipinski definition) is 3. The average Bonchev–Trinajstić information content (AvgIpc) is 2.35. The Morgan fingerprint density at radius 1 is 1.05 bits per heavy atom. The molecule has 0 atom stereocenters. The number of urea groups is 1. The fourth-order valence-corrected chi connectivity index (χ4v) is 2.06. The third kappa shape index (κ3) is 4.37. The lowest BCUT2D eigenvalue weighted by atomic mass is 9.94. The molecule has 1 fully saturated rings. The van der Waals surface area contributed by atoms with E-state index in [2.05, 4.69) is 31.0 Å². The van der Waals surface area contributed by atoms with E-state index < -0.39 is 11.4 Å². The standard InChI is InChI=1S/C14H27N3O3/c1-13(2,3)17-8-6-16(7-9-17)12(20)15-10-14(4,5)11(18)19/h6-10H2,1-5H3,(H,15,20)(H,18,19). The van der Waals surface area contributed by atoms with Crippen LogP contribution in [0.25, 0.3) is 0 Å². The maximum atomic E-state index is 12.0. The summed E-state index contributed by atoms with van der Waals surface area (Å²) in [6.45, 7) is 12.9. The number of rotatable bonds is 3. The Labute approximate surface area is 121 Å². The van der Waals surface area contributed by atoms with Crippen LogP contribution in [0.15, 0.2) is 0 Å². The van der Waals surface area contributed by atoms with E-state index in [4.69, 9.17) is 5.11 Å². The van der Waals surface area contributed by atoms with Crippen LogP contribution >= 0.6 is 0 Å². The summed E-state index contributed by atoms with van der Waals surface area (Å²) >= 11 is 0. The van der Waals surface area contributed by atoms with Gasteiger partial charge in [0.05, 0.1) is 5.41 Å². The summed E-state index contributed by atoms with van der Waals surface area (Å²) in [6.07, 6.45) is 0. The van der Waals surface area contributed by atoms with Crippen LogP contribution in [0, 0.1) is 5.41 Å². The van der Waals surface area contributed by atoms with Crippen LogP contribution in [0.4, 0.5) is 4.79 Å². The van der Waals surface area contributed by atoms with Crippen LogP contribution in [0.5, 0.6) is 0 Å². The second-order valence-electron chi connectivity index (χ2n) is 6.99. The predicted molar refractivity (Wildman–Crippen MR) is 77.7 cm³/mol. The van der Waals surface area contributed by atoms with Gasteiger partial charge < -0.3 is 15.3 Å².